The van der Waals surface area contributed by atoms with E-state index < -0.39 is 17.5 Å². The Bertz CT molecular complexity index is 364. The van der Waals surface area contributed by atoms with Crippen molar-refractivity contribution in [1.82, 2.24) is 16.0 Å². The average molecular weight is 271 g/mol. The van der Waals surface area contributed by atoms with Crippen LogP contribution in [0.1, 0.15) is 39.5 Å². The van der Waals surface area contributed by atoms with Crippen molar-refractivity contribution in [3.05, 3.63) is 0 Å². The molecule has 0 aromatic heterocycles. The van der Waals surface area contributed by atoms with Crippen molar-refractivity contribution in [3.8, 4) is 0 Å². The Balaban J connectivity index is 2.25. The van der Waals surface area contributed by atoms with Crippen LogP contribution in [0, 0.1) is 0 Å². The Morgan fingerprint density at radius 2 is 1.89 bits per heavy atom. The summed E-state index contributed by atoms with van der Waals surface area (Å²) >= 11 is 0. The van der Waals surface area contributed by atoms with Gasteiger partial charge in [-0.15, -0.1) is 0 Å². The molecule has 0 unspecified atom stereocenters. The van der Waals surface area contributed by atoms with Crippen molar-refractivity contribution in [2.75, 3.05) is 6.54 Å². The van der Waals surface area contributed by atoms with E-state index in [0.717, 1.165) is 6.42 Å². The van der Waals surface area contributed by atoms with E-state index in [0.29, 0.717) is 12.8 Å². The predicted molar refractivity (Wildman–Crippen MR) is 68.6 cm³/mol. The van der Waals surface area contributed by atoms with Crippen molar-refractivity contribution >= 4 is 17.9 Å². The summed E-state index contributed by atoms with van der Waals surface area (Å²) in [4.78, 5) is 33.9. The number of carbonyl (C=O) groups excluding carboxylic acids is 2. The van der Waals surface area contributed by atoms with Gasteiger partial charge < -0.3 is 21.1 Å². The van der Waals surface area contributed by atoms with Crippen molar-refractivity contribution < 1.29 is 19.5 Å². The number of nitrogens with one attached hydrogen (secondary N) is 3. The molecule has 19 heavy (non-hydrogen) atoms. The number of carbonyl (C=O) groups is 3. The third-order valence-corrected chi connectivity index (χ3v) is 3.06. The minimum Gasteiger partial charge on any atom is -0.480 e. The first-order chi connectivity index (χ1) is 8.85. The number of urea groups is 1. The van der Waals surface area contributed by atoms with Gasteiger partial charge in [-0.3, -0.25) is 4.79 Å². The van der Waals surface area contributed by atoms with Gasteiger partial charge in [-0.25, -0.2) is 9.59 Å². The first kappa shape index (κ1) is 15.3. The highest BCUT2D eigenvalue weighted by Gasteiger charge is 2.45. The molecule has 0 aromatic carbocycles. The van der Waals surface area contributed by atoms with Crippen LogP contribution in [0.15, 0.2) is 0 Å². The molecule has 1 aliphatic carbocycles. The number of hydrogen-bond acceptors (Lipinski definition) is 3. The maximum atomic E-state index is 11.5. The molecule has 0 bridgehead atoms. The average Bonchev–Trinajstić information content (AvgIpc) is 2.21. The van der Waals surface area contributed by atoms with Gasteiger partial charge in [0, 0.05) is 19.0 Å². The molecule has 1 fully saturated rings. The Morgan fingerprint density at radius 3 is 2.32 bits per heavy atom. The summed E-state index contributed by atoms with van der Waals surface area (Å²) < 4.78 is 0. The number of carboxylic acid groups (broad SMARTS) is 1. The highest BCUT2D eigenvalue weighted by atomic mass is 16.4. The van der Waals surface area contributed by atoms with Gasteiger partial charge in [0.05, 0.1) is 0 Å². The molecule has 7 heteroatoms. The normalized spacial score (nSPS) is 16.4. The van der Waals surface area contributed by atoms with Crippen LogP contribution in [0.5, 0.6) is 0 Å². The molecular formula is C12H21N3O4. The summed E-state index contributed by atoms with van der Waals surface area (Å²) in [6, 6.07) is -0.481. The molecule has 0 radical (unpaired) electrons. The van der Waals surface area contributed by atoms with Crippen molar-refractivity contribution in [2.24, 2.45) is 0 Å². The van der Waals surface area contributed by atoms with Gasteiger partial charge in [-0.1, -0.05) is 0 Å². The molecule has 0 aromatic rings. The molecule has 0 atom stereocenters. The quantitative estimate of drug-likeness (QED) is 0.553. The van der Waals surface area contributed by atoms with Crippen LogP contribution in [-0.2, 0) is 9.59 Å². The van der Waals surface area contributed by atoms with E-state index in [2.05, 4.69) is 16.0 Å². The summed E-state index contributed by atoms with van der Waals surface area (Å²) in [5, 5.41) is 16.7. The van der Waals surface area contributed by atoms with E-state index in [1.54, 1.807) is 0 Å². The molecule has 1 rings (SSSR count). The number of aliphatic carboxylic acids is 1. The lowest BCUT2D eigenvalue weighted by Crippen LogP contribution is -2.61. The Hall–Kier alpha value is -1.79. The van der Waals surface area contributed by atoms with Crippen LogP contribution in [0.3, 0.4) is 0 Å². The lowest BCUT2D eigenvalue weighted by Gasteiger charge is -2.38. The fourth-order valence-electron chi connectivity index (χ4n) is 1.87. The molecular weight excluding hydrogens is 250 g/mol. The van der Waals surface area contributed by atoms with Crippen LogP contribution < -0.4 is 16.0 Å². The Kier molecular flexibility index (Phi) is 5.14. The zero-order valence-corrected chi connectivity index (χ0v) is 11.3. The first-order valence-corrected chi connectivity index (χ1v) is 6.44. The van der Waals surface area contributed by atoms with Crippen molar-refractivity contribution in [2.45, 2.75) is 51.1 Å². The minimum absolute atomic E-state index is 0.0617. The first-order valence-electron chi connectivity index (χ1n) is 6.44. The molecule has 108 valence electrons. The van der Waals surface area contributed by atoms with Crippen molar-refractivity contribution in [1.29, 1.82) is 0 Å². The topological polar surface area (TPSA) is 108 Å². The van der Waals surface area contributed by atoms with Crippen LogP contribution in [-0.4, -0.2) is 41.1 Å². The summed E-state index contributed by atoms with van der Waals surface area (Å²) in [6.45, 7) is 3.89. The number of amides is 3. The highest BCUT2D eigenvalue weighted by Crippen LogP contribution is 2.31. The number of rotatable bonds is 6. The van der Waals surface area contributed by atoms with E-state index in [1.807, 2.05) is 13.8 Å². The monoisotopic (exact) mass is 271 g/mol. The van der Waals surface area contributed by atoms with Gasteiger partial charge in [-0.05, 0) is 33.1 Å². The molecule has 0 aliphatic heterocycles. The predicted octanol–water partition coefficient (Wildman–Crippen LogP) is 0.208. The van der Waals surface area contributed by atoms with Gasteiger partial charge in [0.15, 0.2) is 0 Å². The smallest absolute Gasteiger partial charge is 0.329 e. The molecule has 1 saturated carbocycles. The molecule has 4 N–H and O–H groups in total. The highest BCUT2D eigenvalue weighted by molar-refractivity contribution is 5.87. The van der Waals surface area contributed by atoms with Gasteiger partial charge in [0.25, 0.3) is 0 Å². The minimum atomic E-state index is -1.12. The molecule has 3 amide bonds. The molecule has 7 nitrogen and oxygen atoms in total. The third-order valence-electron chi connectivity index (χ3n) is 3.06. The van der Waals surface area contributed by atoms with Gasteiger partial charge >= 0.3 is 12.0 Å². The molecule has 0 saturated heterocycles. The van der Waals surface area contributed by atoms with Gasteiger partial charge in [0.1, 0.15) is 5.54 Å². The van der Waals surface area contributed by atoms with Crippen LogP contribution >= 0.6 is 0 Å². The van der Waals surface area contributed by atoms with Crippen LogP contribution in [0.4, 0.5) is 4.79 Å². The maximum absolute atomic E-state index is 11.5. The lowest BCUT2D eigenvalue weighted by molar-refractivity contribution is -0.148. The van der Waals surface area contributed by atoms with E-state index in [1.165, 1.54) is 0 Å². The summed E-state index contributed by atoms with van der Waals surface area (Å²) in [5.74, 6) is -1.15. The Labute approximate surface area is 112 Å². The van der Waals surface area contributed by atoms with Gasteiger partial charge in [0.2, 0.25) is 5.91 Å². The summed E-state index contributed by atoms with van der Waals surface area (Å²) in [7, 11) is 0. The standard InChI is InChI=1S/C12H21N3O4/c1-8(2)14-9(16)4-7-13-11(19)15-12(10(17)18)5-3-6-12/h8H,3-7H2,1-2H3,(H,14,16)(H,17,18)(H2,13,15,19). The molecule has 0 heterocycles. The van der Waals surface area contributed by atoms with E-state index >= 15 is 0 Å². The van der Waals surface area contributed by atoms with Crippen LogP contribution in [0.2, 0.25) is 0 Å². The van der Waals surface area contributed by atoms with E-state index in [4.69, 9.17) is 5.11 Å². The second-order valence-electron chi connectivity index (χ2n) is 5.09. The fraction of sp³-hybridized carbons (Fsp3) is 0.750. The van der Waals surface area contributed by atoms with Crippen molar-refractivity contribution in [3.63, 3.8) is 0 Å². The zero-order chi connectivity index (χ0) is 14.5. The van der Waals surface area contributed by atoms with E-state index in [9.17, 15) is 14.4 Å². The van der Waals surface area contributed by atoms with E-state index in [-0.39, 0.29) is 24.9 Å². The molecule has 0 spiro atoms. The summed E-state index contributed by atoms with van der Waals surface area (Å²) in [6.07, 6.45) is 1.86. The largest absolute Gasteiger partial charge is 0.480 e. The lowest BCUT2D eigenvalue weighted by atomic mass is 9.77. The SMILES string of the molecule is CC(C)NC(=O)CCNC(=O)NC1(C(=O)O)CCC1. The third kappa shape index (κ3) is 4.42. The number of carboxylic acids is 1. The van der Waals surface area contributed by atoms with Gasteiger partial charge in [-0.2, -0.15) is 0 Å². The Morgan fingerprint density at radius 1 is 1.26 bits per heavy atom. The zero-order valence-electron chi connectivity index (χ0n) is 11.3. The number of hydrogen-bond donors (Lipinski definition) is 4. The maximum Gasteiger partial charge on any atom is 0.329 e. The second kappa shape index (κ2) is 6.40. The fourth-order valence-corrected chi connectivity index (χ4v) is 1.87. The molecule has 1 aliphatic rings. The second-order valence-corrected chi connectivity index (χ2v) is 5.09. The van der Waals surface area contributed by atoms with Crippen LogP contribution in [0.25, 0.3) is 0 Å². The summed E-state index contributed by atoms with van der Waals surface area (Å²) in [5.41, 5.74) is -1.12.